The number of aromatic nitrogens is 2. The highest BCUT2D eigenvalue weighted by molar-refractivity contribution is 7.18. The van der Waals surface area contributed by atoms with Crippen LogP contribution in [0.1, 0.15) is 22.8 Å². The average Bonchev–Trinajstić information content (AvgIpc) is 3.10. The first kappa shape index (κ1) is 19.0. The minimum atomic E-state index is -0.747. The number of nitrogens with one attached hydrogen (secondary N) is 2. The smallest absolute Gasteiger partial charge is 0.251 e. The van der Waals surface area contributed by atoms with E-state index in [1.54, 1.807) is 31.2 Å². The fourth-order valence-corrected chi connectivity index (χ4v) is 3.22. The van der Waals surface area contributed by atoms with Gasteiger partial charge in [-0.1, -0.05) is 58.8 Å². The maximum atomic E-state index is 12.3. The molecular weight excluding hydrogens is 384 g/mol. The number of aryl methyl sites for hydroxylation is 1. The van der Waals surface area contributed by atoms with Crippen molar-refractivity contribution in [3.05, 3.63) is 64.7 Å². The van der Waals surface area contributed by atoms with E-state index in [4.69, 9.17) is 11.6 Å². The first-order valence-corrected chi connectivity index (χ1v) is 9.39. The molecule has 27 heavy (non-hydrogen) atoms. The van der Waals surface area contributed by atoms with Gasteiger partial charge in [-0.15, -0.1) is 10.2 Å². The fraction of sp³-hybridized carbons (Fsp3) is 0.158. The van der Waals surface area contributed by atoms with Crippen LogP contribution in [0.25, 0.3) is 10.6 Å². The summed E-state index contributed by atoms with van der Waals surface area (Å²) in [5.74, 6) is -0.755. The van der Waals surface area contributed by atoms with Gasteiger partial charge in [-0.2, -0.15) is 0 Å². The molecular formula is C19H17ClN4O2S. The third-order valence-electron chi connectivity index (χ3n) is 3.78. The normalized spacial score (nSPS) is 11.7. The monoisotopic (exact) mass is 400 g/mol. The Morgan fingerprint density at radius 2 is 1.85 bits per heavy atom. The molecule has 2 aromatic carbocycles. The van der Waals surface area contributed by atoms with E-state index in [9.17, 15) is 9.59 Å². The van der Waals surface area contributed by atoms with Crippen LogP contribution in [0, 0.1) is 6.92 Å². The third-order valence-corrected chi connectivity index (χ3v) is 4.90. The van der Waals surface area contributed by atoms with Gasteiger partial charge in [-0.05, 0) is 32.0 Å². The second kappa shape index (κ2) is 8.28. The molecule has 2 amide bonds. The van der Waals surface area contributed by atoms with E-state index in [0.29, 0.717) is 20.7 Å². The Bertz CT molecular complexity index is 972. The highest BCUT2D eigenvalue weighted by Crippen LogP contribution is 2.26. The Morgan fingerprint density at radius 1 is 1.11 bits per heavy atom. The number of rotatable bonds is 5. The molecule has 0 saturated heterocycles. The van der Waals surface area contributed by atoms with Gasteiger partial charge in [-0.25, -0.2) is 0 Å². The van der Waals surface area contributed by atoms with E-state index < -0.39 is 6.04 Å². The summed E-state index contributed by atoms with van der Waals surface area (Å²) < 4.78 is 0. The molecule has 6 nitrogen and oxygen atoms in total. The minimum Gasteiger partial charge on any atom is -0.341 e. The lowest BCUT2D eigenvalue weighted by Crippen LogP contribution is -2.41. The van der Waals surface area contributed by atoms with Gasteiger partial charge in [0.2, 0.25) is 11.0 Å². The molecule has 8 heteroatoms. The summed E-state index contributed by atoms with van der Waals surface area (Å²) in [5, 5.41) is 14.9. The number of amides is 2. The largest absolute Gasteiger partial charge is 0.341 e. The molecule has 1 atom stereocenters. The van der Waals surface area contributed by atoms with Crippen LogP contribution in [0.5, 0.6) is 0 Å². The molecule has 1 heterocycles. The highest BCUT2D eigenvalue weighted by Gasteiger charge is 2.18. The number of nitrogens with zero attached hydrogens (tertiary/aromatic N) is 2. The van der Waals surface area contributed by atoms with Crippen molar-refractivity contribution < 1.29 is 9.59 Å². The molecule has 0 aliphatic rings. The molecule has 1 aromatic heterocycles. The first-order chi connectivity index (χ1) is 12.9. The number of benzene rings is 2. The molecule has 0 aliphatic heterocycles. The summed E-state index contributed by atoms with van der Waals surface area (Å²) in [7, 11) is 0. The molecule has 0 radical (unpaired) electrons. The lowest BCUT2D eigenvalue weighted by atomic mass is 10.2. The quantitative estimate of drug-likeness (QED) is 0.679. The van der Waals surface area contributed by atoms with E-state index in [1.807, 2.05) is 31.2 Å². The van der Waals surface area contributed by atoms with Crippen molar-refractivity contribution in [1.29, 1.82) is 0 Å². The van der Waals surface area contributed by atoms with Gasteiger partial charge in [-0.3, -0.25) is 14.9 Å². The van der Waals surface area contributed by atoms with E-state index in [1.165, 1.54) is 11.3 Å². The van der Waals surface area contributed by atoms with Crippen molar-refractivity contribution in [2.45, 2.75) is 19.9 Å². The maximum absolute atomic E-state index is 12.3. The van der Waals surface area contributed by atoms with Gasteiger partial charge in [0.1, 0.15) is 11.0 Å². The van der Waals surface area contributed by atoms with Crippen LogP contribution in [0.15, 0.2) is 48.5 Å². The Morgan fingerprint density at radius 3 is 2.56 bits per heavy atom. The zero-order valence-electron chi connectivity index (χ0n) is 14.7. The SMILES string of the molecule is Cc1ccc(-c2nnc(NC(=O)C(C)NC(=O)c3cccc(Cl)c3)s2)cc1. The van der Waals surface area contributed by atoms with Crippen molar-refractivity contribution in [1.82, 2.24) is 15.5 Å². The molecule has 0 spiro atoms. The van der Waals surface area contributed by atoms with Crippen LogP contribution in [-0.2, 0) is 4.79 Å². The van der Waals surface area contributed by atoms with E-state index in [-0.39, 0.29) is 11.8 Å². The Labute approximate surface area is 165 Å². The van der Waals surface area contributed by atoms with Crippen molar-refractivity contribution in [2.75, 3.05) is 5.32 Å². The molecule has 3 rings (SSSR count). The van der Waals surface area contributed by atoms with Crippen molar-refractivity contribution in [2.24, 2.45) is 0 Å². The molecule has 2 N–H and O–H groups in total. The second-order valence-electron chi connectivity index (χ2n) is 5.97. The van der Waals surface area contributed by atoms with Crippen LogP contribution >= 0.6 is 22.9 Å². The summed E-state index contributed by atoms with van der Waals surface area (Å²) in [6.07, 6.45) is 0. The second-order valence-corrected chi connectivity index (χ2v) is 7.39. The summed E-state index contributed by atoms with van der Waals surface area (Å²) >= 11 is 7.15. The maximum Gasteiger partial charge on any atom is 0.251 e. The Balaban J connectivity index is 1.61. The summed E-state index contributed by atoms with van der Waals surface area (Å²) in [6, 6.07) is 13.7. The Kier molecular flexibility index (Phi) is 5.83. The first-order valence-electron chi connectivity index (χ1n) is 8.20. The zero-order chi connectivity index (χ0) is 19.4. The van der Waals surface area contributed by atoms with Gasteiger partial charge in [0.15, 0.2) is 0 Å². The number of hydrogen-bond acceptors (Lipinski definition) is 5. The van der Waals surface area contributed by atoms with E-state index >= 15 is 0 Å². The topological polar surface area (TPSA) is 84.0 Å². The van der Waals surface area contributed by atoms with Crippen molar-refractivity contribution in [3.8, 4) is 10.6 Å². The average molecular weight is 401 g/mol. The molecule has 0 aliphatic carbocycles. The predicted molar refractivity (Wildman–Crippen MR) is 107 cm³/mol. The van der Waals surface area contributed by atoms with Gasteiger partial charge < -0.3 is 5.32 Å². The lowest BCUT2D eigenvalue weighted by Gasteiger charge is -2.12. The third kappa shape index (κ3) is 4.90. The van der Waals surface area contributed by atoms with Gasteiger partial charge >= 0.3 is 0 Å². The number of carbonyl (C=O) groups excluding carboxylic acids is 2. The molecule has 0 fully saturated rings. The van der Waals surface area contributed by atoms with Crippen LogP contribution in [0.4, 0.5) is 5.13 Å². The van der Waals surface area contributed by atoms with Crippen LogP contribution in [0.2, 0.25) is 5.02 Å². The standard InChI is InChI=1S/C19H17ClN4O2S/c1-11-6-8-13(9-7-11)18-23-24-19(27-18)22-16(25)12(2)21-17(26)14-4-3-5-15(20)10-14/h3-10,12H,1-2H3,(H,21,26)(H,22,24,25). The van der Waals surface area contributed by atoms with Crippen molar-refractivity contribution in [3.63, 3.8) is 0 Å². The number of hydrogen-bond donors (Lipinski definition) is 2. The predicted octanol–water partition coefficient (Wildman–Crippen LogP) is 3.92. The molecule has 0 saturated carbocycles. The number of anilines is 1. The summed E-state index contributed by atoms with van der Waals surface area (Å²) in [6.45, 7) is 3.61. The molecule has 138 valence electrons. The molecule has 1 unspecified atom stereocenters. The van der Waals surface area contributed by atoms with Crippen molar-refractivity contribution >= 4 is 39.9 Å². The number of carbonyl (C=O) groups is 2. The van der Waals surface area contributed by atoms with E-state index in [2.05, 4.69) is 20.8 Å². The molecule has 3 aromatic rings. The van der Waals surface area contributed by atoms with Gasteiger partial charge in [0, 0.05) is 16.1 Å². The summed E-state index contributed by atoms with van der Waals surface area (Å²) in [5.41, 5.74) is 2.47. The highest BCUT2D eigenvalue weighted by atomic mass is 35.5. The zero-order valence-corrected chi connectivity index (χ0v) is 16.3. The molecule has 0 bridgehead atoms. The Hall–Kier alpha value is -2.77. The van der Waals surface area contributed by atoms with Crippen LogP contribution in [0.3, 0.4) is 0 Å². The van der Waals surface area contributed by atoms with Crippen LogP contribution < -0.4 is 10.6 Å². The van der Waals surface area contributed by atoms with Gasteiger partial charge in [0.05, 0.1) is 0 Å². The summed E-state index contributed by atoms with van der Waals surface area (Å²) in [4.78, 5) is 24.5. The van der Waals surface area contributed by atoms with Crippen LogP contribution in [-0.4, -0.2) is 28.1 Å². The minimum absolute atomic E-state index is 0.374. The number of halogens is 1. The van der Waals surface area contributed by atoms with Gasteiger partial charge in [0.25, 0.3) is 5.91 Å². The lowest BCUT2D eigenvalue weighted by molar-refractivity contribution is -0.117. The van der Waals surface area contributed by atoms with E-state index in [0.717, 1.165) is 11.1 Å². The fourth-order valence-electron chi connectivity index (χ4n) is 2.28.